The molecule has 2 atom stereocenters. The van der Waals surface area contributed by atoms with Crippen LogP contribution in [-0.2, 0) is 14.8 Å². The molecular formula is C13H13F4NO4S. The standard InChI is InChI=1S/C13H13F4NO4S/c1-7-2-3-10(14)11(4-7)23(21,22)18-5-8(12(19)20)9(6-18)13(15,16)17/h2-4,8-9H,5-6H2,1H3,(H,19,20)/t8-,9-/m1/s1. The van der Waals surface area contributed by atoms with Crippen molar-refractivity contribution in [3.05, 3.63) is 29.6 Å². The Bertz CT molecular complexity index is 732. The van der Waals surface area contributed by atoms with E-state index in [1.165, 1.54) is 13.0 Å². The van der Waals surface area contributed by atoms with Crippen molar-refractivity contribution in [2.75, 3.05) is 13.1 Å². The molecule has 0 saturated carbocycles. The molecule has 0 aliphatic carbocycles. The van der Waals surface area contributed by atoms with Gasteiger partial charge in [-0.15, -0.1) is 0 Å². The highest BCUT2D eigenvalue weighted by Crippen LogP contribution is 2.39. The Balaban J connectivity index is 2.42. The van der Waals surface area contributed by atoms with Gasteiger partial charge in [-0.05, 0) is 24.6 Å². The molecule has 0 radical (unpaired) electrons. The summed E-state index contributed by atoms with van der Waals surface area (Å²) in [4.78, 5) is 10.2. The molecule has 10 heteroatoms. The van der Waals surface area contributed by atoms with Crippen molar-refractivity contribution in [3.63, 3.8) is 0 Å². The Morgan fingerprint density at radius 3 is 2.39 bits per heavy atom. The summed E-state index contributed by atoms with van der Waals surface area (Å²) in [7, 11) is -4.56. The molecule has 0 bridgehead atoms. The fraction of sp³-hybridized carbons (Fsp3) is 0.462. The average Bonchev–Trinajstić information content (AvgIpc) is 2.87. The van der Waals surface area contributed by atoms with E-state index in [9.17, 15) is 30.8 Å². The lowest BCUT2D eigenvalue weighted by Crippen LogP contribution is -2.34. The number of halogens is 4. The van der Waals surface area contributed by atoms with Gasteiger partial charge in [-0.3, -0.25) is 4.79 Å². The highest BCUT2D eigenvalue weighted by atomic mass is 32.2. The van der Waals surface area contributed by atoms with Crippen LogP contribution in [0.5, 0.6) is 0 Å². The molecular weight excluding hydrogens is 342 g/mol. The van der Waals surface area contributed by atoms with Crippen LogP contribution in [-0.4, -0.2) is 43.1 Å². The number of hydrogen-bond acceptors (Lipinski definition) is 3. The van der Waals surface area contributed by atoms with Crippen LogP contribution in [0.2, 0.25) is 0 Å². The number of hydrogen-bond donors (Lipinski definition) is 1. The Kier molecular flexibility index (Phi) is 4.42. The maximum atomic E-state index is 13.8. The van der Waals surface area contributed by atoms with Crippen LogP contribution in [0.15, 0.2) is 23.1 Å². The lowest BCUT2D eigenvalue weighted by atomic mass is 9.96. The van der Waals surface area contributed by atoms with Crippen LogP contribution in [0.25, 0.3) is 0 Å². The first kappa shape index (κ1) is 17.7. The average molecular weight is 355 g/mol. The minimum Gasteiger partial charge on any atom is -0.481 e. The van der Waals surface area contributed by atoms with Gasteiger partial charge in [0, 0.05) is 13.1 Å². The molecule has 23 heavy (non-hydrogen) atoms. The predicted molar refractivity (Wildman–Crippen MR) is 70.6 cm³/mol. The fourth-order valence-electron chi connectivity index (χ4n) is 2.49. The molecule has 1 N–H and O–H groups in total. The number of aliphatic carboxylic acids is 1. The molecule has 1 aromatic rings. The summed E-state index contributed by atoms with van der Waals surface area (Å²) in [6.07, 6.45) is -4.86. The lowest BCUT2D eigenvalue weighted by molar-refractivity contribution is -0.187. The van der Waals surface area contributed by atoms with Crippen molar-refractivity contribution < 1.29 is 35.9 Å². The van der Waals surface area contributed by atoms with Crippen molar-refractivity contribution >= 4 is 16.0 Å². The third-order valence-electron chi connectivity index (χ3n) is 3.73. The van der Waals surface area contributed by atoms with Gasteiger partial charge in [0.15, 0.2) is 0 Å². The monoisotopic (exact) mass is 355 g/mol. The zero-order valence-electron chi connectivity index (χ0n) is 11.8. The molecule has 1 saturated heterocycles. The largest absolute Gasteiger partial charge is 0.481 e. The van der Waals surface area contributed by atoms with Crippen LogP contribution < -0.4 is 0 Å². The number of carboxylic acid groups (broad SMARTS) is 1. The predicted octanol–water partition coefficient (Wildman–Crippen LogP) is 2.02. The van der Waals surface area contributed by atoms with Gasteiger partial charge in [-0.1, -0.05) is 6.07 Å². The van der Waals surface area contributed by atoms with Crippen LogP contribution >= 0.6 is 0 Å². The van der Waals surface area contributed by atoms with Gasteiger partial charge in [0.25, 0.3) is 0 Å². The zero-order chi connectivity index (χ0) is 17.6. The van der Waals surface area contributed by atoms with Crippen molar-refractivity contribution in [3.8, 4) is 0 Å². The second-order valence-electron chi connectivity index (χ2n) is 5.35. The normalized spacial score (nSPS) is 23.2. The number of alkyl halides is 3. The van der Waals surface area contributed by atoms with Gasteiger partial charge in [-0.25, -0.2) is 12.8 Å². The van der Waals surface area contributed by atoms with Crippen LogP contribution in [0.4, 0.5) is 17.6 Å². The quantitative estimate of drug-likeness (QED) is 0.842. The number of aryl methyl sites for hydroxylation is 1. The molecule has 128 valence electrons. The van der Waals surface area contributed by atoms with E-state index in [1.54, 1.807) is 0 Å². The van der Waals surface area contributed by atoms with E-state index in [2.05, 4.69) is 0 Å². The highest BCUT2D eigenvalue weighted by molar-refractivity contribution is 7.89. The first-order chi connectivity index (χ1) is 10.4. The topological polar surface area (TPSA) is 74.7 Å². The van der Waals surface area contributed by atoms with Gasteiger partial charge < -0.3 is 5.11 Å². The van der Waals surface area contributed by atoms with E-state index in [0.717, 1.165) is 12.1 Å². The lowest BCUT2D eigenvalue weighted by Gasteiger charge is -2.18. The number of nitrogens with zero attached hydrogens (tertiary/aromatic N) is 1. The Morgan fingerprint density at radius 1 is 1.30 bits per heavy atom. The second kappa shape index (κ2) is 5.75. The molecule has 0 amide bonds. The maximum absolute atomic E-state index is 13.8. The van der Waals surface area contributed by atoms with E-state index >= 15 is 0 Å². The van der Waals surface area contributed by atoms with E-state index in [1.807, 2.05) is 0 Å². The first-order valence-electron chi connectivity index (χ1n) is 6.50. The van der Waals surface area contributed by atoms with Gasteiger partial charge in [0.1, 0.15) is 10.7 Å². The third-order valence-corrected chi connectivity index (χ3v) is 5.58. The van der Waals surface area contributed by atoms with Gasteiger partial charge in [-0.2, -0.15) is 17.5 Å². The molecule has 1 aliphatic heterocycles. The van der Waals surface area contributed by atoms with Crippen molar-refractivity contribution in [1.82, 2.24) is 4.31 Å². The van der Waals surface area contributed by atoms with Crippen molar-refractivity contribution in [2.24, 2.45) is 11.8 Å². The van der Waals surface area contributed by atoms with Crippen LogP contribution in [0, 0.1) is 24.6 Å². The fourth-order valence-corrected chi connectivity index (χ4v) is 4.13. The molecule has 2 rings (SSSR count). The van der Waals surface area contributed by atoms with E-state index in [0.29, 0.717) is 9.87 Å². The summed E-state index contributed by atoms with van der Waals surface area (Å²) in [6, 6.07) is 3.21. The van der Waals surface area contributed by atoms with Crippen molar-refractivity contribution in [2.45, 2.75) is 18.0 Å². The van der Waals surface area contributed by atoms with Gasteiger partial charge in [0.2, 0.25) is 10.0 Å². The summed E-state index contributed by atoms with van der Waals surface area (Å²) in [6.45, 7) is -0.396. The number of rotatable bonds is 3. The van der Waals surface area contributed by atoms with E-state index in [4.69, 9.17) is 5.11 Å². The summed E-state index contributed by atoms with van der Waals surface area (Å²) in [5, 5.41) is 8.90. The number of carbonyl (C=O) groups is 1. The second-order valence-corrected chi connectivity index (χ2v) is 7.26. The summed E-state index contributed by atoms with van der Waals surface area (Å²) in [5.41, 5.74) is 0.409. The Labute approximate surface area is 129 Å². The summed E-state index contributed by atoms with van der Waals surface area (Å²) >= 11 is 0. The molecule has 0 spiro atoms. The SMILES string of the molecule is Cc1ccc(F)c(S(=O)(=O)N2C[C@@H](C(F)(F)F)[C@H](C(=O)O)C2)c1. The molecule has 0 aromatic heterocycles. The molecule has 1 fully saturated rings. The molecule has 1 aromatic carbocycles. The molecule has 1 aliphatic rings. The zero-order valence-corrected chi connectivity index (χ0v) is 12.7. The number of sulfonamides is 1. The minimum atomic E-state index is -4.86. The molecule has 1 heterocycles. The van der Waals surface area contributed by atoms with Gasteiger partial charge in [0.05, 0.1) is 11.8 Å². The van der Waals surface area contributed by atoms with Crippen LogP contribution in [0.1, 0.15) is 5.56 Å². The summed E-state index contributed by atoms with van der Waals surface area (Å²) < 4.78 is 77.6. The maximum Gasteiger partial charge on any atom is 0.393 e. The van der Waals surface area contributed by atoms with Gasteiger partial charge >= 0.3 is 12.1 Å². The minimum absolute atomic E-state index is 0.377. The Morgan fingerprint density at radius 2 is 1.91 bits per heavy atom. The number of carboxylic acids is 1. The molecule has 0 unspecified atom stereocenters. The van der Waals surface area contributed by atoms with Crippen molar-refractivity contribution in [1.29, 1.82) is 0 Å². The third kappa shape index (κ3) is 3.32. The first-order valence-corrected chi connectivity index (χ1v) is 7.94. The molecule has 5 nitrogen and oxygen atoms in total. The summed E-state index contributed by atoms with van der Waals surface area (Å²) in [5.74, 6) is -7.09. The smallest absolute Gasteiger partial charge is 0.393 e. The van der Waals surface area contributed by atoms with E-state index < -0.39 is 57.8 Å². The highest BCUT2D eigenvalue weighted by Gasteiger charge is 2.55. The van der Waals surface area contributed by atoms with E-state index in [-0.39, 0.29) is 0 Å². The Hall–Kier alpha value is -1.68. The van der Waals surface area contributed by atoms with Crippen LogP contribution in [0.3, 0.4) is 0 Å². The number of benzene rings is 1.